The third-order valence-electron chi connectivity index (χ3n) is 3.94. The number of sulfonamides is 1. The van der Waals surface area contributed by atoms with Crippen LogP contribution in [0.25, 0.3) is 0 Å². The van der Waals surface area contributed by atoms with Crippen molar-refractivity contribution in [3.63, 3.8) is 0 Å². The van der Waals surface area contributed by atoms with E-state index >= 15 is 0 Å². The van der Waals surface area contributed by atoms with E-state index in [1.54, 1.807) is 14.1 Å². The predicted octanol–water partition coefficient (Wildman–Crippen LogP) is 2.20. The summed E-state index contributed by atoms with van der Waals surface area (Å²) < 4.78 is 26.8. The fourth-order valence-corrected chi connectivity index (χ4v) is 4.30. The number of nitro benzene ring substituents is 1. The Hall–Kier alpha value is -1.67. The van der Waals surface area contributed by atoms with Crippen LogP contribution in [-0.4, -0.2) is 37.8 Å². The minimum Gasteiger partial charge on any atom is -0.387 e. The quantitative estimate of drug-likeness (QED) is 0.664. The van der Waals surface area contributed by atoms with Crippen molar-refractivity contribution < 1.29 is 13.3 Å². The summed E-state index contributed by atoms with van der Waals surface area (Å²) in [5.41, 5.74) is 0.137. The van der Waals surface area contributed by atoms with E-state index in [0.717, 1.165) is 31.7 Å². The molecule has 0 amide bonds. The molecule has 7 nitrogen and oxygen atoms in total. The van der Waals surface area contributed by atoms with Gasteiger partial charge in [-0.2, -0.15) is 4.31 Å². The molecular formula is C13H19N3O4S. The van der Waals surface area contributed by atoms with E-state index in [-0.39, 0.29) is 16.6 Å². The number of anilines is 1. The maximum absolute atomic E-state index is 12.7. The van der Waals surface area contributed by atoms with Crippen LogP contribution in [0.3, 0.4) is 0 Å². The average Bonchev–Trinajstić information content (AvgIpc) is 2.99. The Kier molecular flexibility index (Phi) is 4.48. The highest BCUT2D eigenvalue weighted by Gasteiger charge is 2.32. The van der Waals surface area contributed by atoms with E-state index in [1.165, 1.54) is 16.4 Å². The highest BCUT2D eigenvalue weighted by molar-refractivity contribution is 7.89. The average molecular weight is 313 g/mol. The zero-order valence-electron chi connectivity index (χ0n) is 12.1. The molecule has 0 saturated heterocycles. The van der Waals surface area contributed by atoms with Gasteiger partial charge in [-0.25, -0.2) is 8.42 Å². The maximum Gasteiger partial charge on any atom is 0.270 e. The van der Waals surface area contributed by atoms with Crippen molar-refractivity contribution in [1.82, 2.24) is 4.31 Å². The zero-order valence-corrected chi connectivity index (χ0v) is 12.9. The molecule has 0 spiro atoms. The number of non-ortho nitro benzene ring substituents is 1. The molecule has 0 aromatic heterocycles. The highest BCUT2D eigenvalue weighted by atomic mass is 32.2. The van der Waals surface area contributed by atoms with Gasteiger partial charge in [0.05, 0.1) is 10.6 Å². The molecule has 0 aliphatic heterocycles. The lowest BCUT2D eigenvalue weighted by Crippen LogP contribution is -2.35. The fourth-order valence-electron chi connectivity index (χ4n) is 2.66. The van der Waals surface area contributed by atoms with Crippen LogP contribution in [0.15, 0.2) is 23.1 Å². The molecule has 1 aromatic rings. The van der Waals surface area contributed by atoms with E-state index < -0.39 is 14.9 Å². The van der Waals surface area contributed by atoms with Crippen LogP contribution in [-0.2, 0) is 10.0 Å². The van der Waals surface area contributed by atoms with Crippen LogP contribution in [0.2, 0.25) is 0 Å². The maximum atomic E-state index is 12.7. The number of hydrogen-bond donors (Lipinski definition) is 1. The number of benzene rings is 1. The lowest BCUT2D eigenvalue weighted by Gasteiger charge is -2.24. The summed E-state index contributed by atoms with van der Waals surface area (Å²) in [6.07, 6.45) is 3.69. The topological polar surface area (TPSA) is 92.5 Å². The van der Waals surface area contributed by atoms with Crippen LogP contribution in [0, 0.1) is 10.1 Å². The van der Waals surface area contributed by atoms with Crippen molar-refractivity contribution in [2.75, 3.05) is 19.4 Å². The Balaban J connectivity index is 2.46. The number of hydrogen-bond acceptors (Lipinski definition) is 5. The van der Waals surface area contributed by atoms with Crippen molar-refractivity contribution in [3.05, 3.63) is 28.3 Å². The molecule has 0 atom stereocenters. The van der Waals surface area contributed by atoms with Crippen LogP contribution in [0.4, 0.5) is 11.4 Å². The van der Waals surface area contributed by atoms with Gasteiger partial charge in [0.2, 0.25) is 10.0 Å². The van der Waals surface area contributed by atoms with Crippen LogP contribution in [0.1, 0.15) is 25.7 Å². The first-order chi connectivity index (χ1) is 9.87. The smallest absolute Gasteiger partial charge is 0.270 e. The van der Waals surface area contributed by atoms with E-state index in [4.69, 9.17) is 0 Å². The van der Waals surface area contributed by atoms with E-state index in [2.05, 4.69) is 5.32 Å². The van der Waals surface area contributed by atoms with Crippen LogP contribution in [0.5, 0.6) is 0 Å². The van der Waals surface area contributed by atoms with Gasteiger partial charge in [0.1, 0.15) is 4.90 Å². The van der Waals surface area contributed by atoms with Crippen molar-refractivity contribution >= 4 is 21.4 Å². The Morgan fingerprint density at radius 2 is 1.95 bits per heavy atom. The molecule has 21 heavy (non-hydrogen) atoms. The standard InChI is InChI=1S/C13H19N3O4S/c1-14-12-8-7-11(16(17)18)9-13(12)21(19,20)15(2)10-5-3-4-6-10/h7-10,14H,3-6H2,1-2H3. The third kappa shape index (κ3) is 3.01. The van der Waals surface area contributed by atoms with Gasteiger partial charge in [0.25, 0.3) is 5.69 Å². The van der Waals surface area contributed by atoms with Gasteiger partial charge in [0.15, 0.2) is 0 Å². The molecule has 0 unspecified atom stereocenters. The summed E-state index contributed by atoms with van der Waals surface area (Å²) in [5, 5.41) is 13.7. The van der Waals surface area contributed by atoms with E-state index in [9.17, 15) is 18.5 Å². The third-order valence-corrected chi connectivity index (χ3v) is 5.89. The minimum absolute atomic E-state index is 0.0287. The Labute approximate surface area is 124 Å². The summed E-state index contributed by atoms with van der Waals surface area (Å²) >= 11 is 0. The van der Waals surface area contributed by atoms with Crippen molar-refractivity contribution in [1.29, 1.82) is 0 Å². The number of nitrogens with zero attached hydrogens (tertiary/aromatic N) is 2. The van der Waals surface area contributed by atoms with E-state index in [1.807, 2.05) is 0 Å². The summed E-state index contributed by atoms with van der Waals surface area (Å²) in [6, 6.07) is 3.81. The van der Waals surface area contributed by atoms with Gasteiger partial charge in [-0.3, -0.25) is 10.1 Å². The summed E-state index contributed by atoms with van der Waals surface area (Å²) in [5.74, 6) is 0. The second kappa shape index (κ2) is 5.98. The van der Waals surface area contributed by atoms with Gasteiger partial charge in [0, 0.05) is 32.3 Å². The van der Waals surface area contributed by atoms with Crippen molar-refractivity contribution in [2.45, 2.75) is 36.6 Å². The Morgan fingerprint density at radius 1 is 1.33 bits per heavy atom. The molecule has 0 heterocycles. The molecule has 1 aliphatic rings. The second-order valence-electron chi connectivity index (χ2n) is 5.15. The summed E-state index contributed by atoms with van der Waals surface area (Å²) in [4.78, 5) is 10.2. The van der Waals surface area contributed by atoms with Crippen molar-refractivity contribution in [3.8, 4) is 0 Å². The summed E-state index contributed by atoms with van der Waals surface area (Å²) in [6.45, 7) is 0. The predicted molar refractivity (Wildman–Crippen MR) is 79.8 cm³/mol. The number of nitro groups is 1. The lowest BCUT2D eigenvalue weighted by atomic mass is 10.3. The molecule has 0 bridgehead atoms. The molecule has 1 N–H and O–H groups in total. The molecule has 0 radical (unpaired) electrons. The van der Waals surface area contributed by atoms with Gasteiger partial charge >= 0.3 is 0 Å². The largest absolute Gasteiger partial charge is 0.387 e. The second-order valence-corrected chi connectivity index (χ2v) is 7.11. The first-order valence-electron chi connectivity index (χ1n) is 6.82. The Bertz CT molecular complexity index is 639. The molecule has 116 valence electrons. The van der Waals surface area contributed by atoms with Gasteiger partial charge in [-0.15, -0.1) is 0 Å². The summed E-state index contributed by atoms with van der Waals surface area (Å²) in [7, 11) is -0.617. The van der Waals surface area contributed by atoms with Gasteiger partial charge < -0.3 is 5.32 Å². The fraction of sp³-hybridized carbons (Fsp3) is 0.538. The van der Waals surface area contributed by atoms with Gasteiger partial charge in [-0.05, 0) is 18.9 Å². The number of rotatable bonds is 5. The molecule has 2 rings (SSSR count). The first kappa shape index (κ1) is 15.7. The Morgan fingerprint density at radius 3 is 2.48 bits per heavy atom. The zero-order chi connectivity index (χ0) is 15.6. The molecule has 1 fully saturated rings. The molecule has 1 aliphatic carbocycles. The van der Waals surface area contributed by atoms with Crippen molar-refractivity contribution in [2.24, 2.45) is 0 Å². The van der Waals surface area contributed by atoms with Gasteiger partial charge in [-0.1, -0.05) is 12.8 Å². The van der Waals surface area contributed by atoms with Crippen LogP contribution >= 0.6 is 0 Å². The SMILES string of the molecule is CNc1ccc([N+](=O)[O-])cc1S(=O)(=O)N(C)C1CCCC1. The monoisotopic (exact) mass is 313 g/mol. The molecule has 1 saturated carbocycles. The molecule has 8 heteroatoms. The first-order valence-corrected chi connectivity index (χ1v) is 8.26. The highest BCUT2D eigenvalue weighted by Crippen LogP contribution is 2.32. The minimum atomic E-state index is -3.75. The van der Waals surface area contributed by atoms with E-state index in [0.29, 0.717) is 5.69 Å². The molecule has 1 aromatic carbocycles. The normalized spacial score (nSPS) is 16.3. The number of nitrogens with one attached hydrogen (secondary N) is 1. The lowest BCUT2D eigenvalue weighted by molar-refractivity contribution is -0.385. The van der Waals surface area contributed by atoms with Crippen LogP contribution < -0.4 is 5.32 Å². The molecular weight excluding hydrogens is 294 g/mol.